The Bertz CT molecular complexity index is 1050. The molecule has 30 heavy (non-hydrogen) atoms. The molecular weight excluding hydrogens is 376 g/mol. The zero-order valence-electron chi connectivity index (χ0n) is 18.0. The molecule has 0 unspecified atom stereocenters. The van der Waals surface area contributed by atoms with Crippen LogP contribution in [-0.2, 0) is 16.1 Å². The van der Waals surface area contributed by atoms with E-state index in [9.17, 15) is 9.59 Å². The summed E-state index contributed by atoms with van der Waals surface area (Å²) >= 11 is 0. The van der Waals surface area contributed by atoms with E-state index in [1.54, 1.807) is 6.92 Å². The van der Waals surface area contributed by atoms with Crippen LogP contribution in [0, 0.1) is 20.8 Å². The summed E-state index contributed by atoms with van der Waals surface area (Å²) in [5.74, 6) is -0.403. The molecule has 5 heteroatoms. The van der Waals surface area contributed by atoms with Crippen molar-refractivity contribution in [3.63, 3.8) is 0 Å². The molecule has 1 amide bonds. The topological polar surface area (TPSA) is 60.3 Å². The van der Waals surface area contributed by atoms with Gasteiger partial charge in [0.25, 0.3) is 0 Å². The van der Waals surface area contributed by atoms with Gasteiger partial charge in [-0.25, -0.2) is 4.79 Å². The largest absolute Gasteiger partial charge is 0.462 e. The first-order valence-corrected chi connectivity index (χ1v) is 10.2. The molecule has 0 fully saturated rings. The fourth-order valence-corrected chi connectivity index (χ4v) is 3.51. The molecule has 3 rings (SSSR count). The molecule has 5 nitrogen and oxygen atoms in total. The van der Waals surface area contributed by atoms with E-state index in [1.165, 1.54) is 0 Å². The van der Waals surface area contributed by atoms with Crippen LogP contribution in [0.2, 0.25) is 0 Å². The van der Waals surface area contributed by atoms with Gasteiger partial charge in [-0.1, -0.05) is 42.5 Å². The lowest BCUT2D eigenvalue weighted by atomic mass is 10.1. The average molecular weight is 405 g/mol. The van der Waals surface area contributed by atoms with Crippen molar-refractivity contribution >= 4 is 17.6 Å². The van der Waals surface area contributed by atoms with Crippen molar-refractivity contribution in [2.24, 2.45) is 0 Å². The number of benzene rings is 2. The molecule has 3 aromatic rings. The van der Waals surface area contributed by atoms with Gasteiger partial charge in [-0.05, 0) is 56.5 Å². The number of esters is 1. The van der Waals surface area contributed by atoms with Crippen molar-refractivity contribution in [2.75, 3.05) is 11.9 Å². The summed E-state index contributed by atoms with van der Waals surface area (Å²) in [7, 11) is 0. The smallest absolute Gasteiger partial charge is 0.339 e. The first-order chi connectivity index (χ1) is 14.4. The van der Waals surface area contributed by atoms with Crippen LogP contribution in [0.15, 0.2) is 54.6 Å². The Morgan fingerprint density at radius 2 is 1.73 bits per heavy atom. The molecule has 2 aromatic carbocycles. The molecule has 0 saturated carbocycles. The molecule has 0 atom stereocenters. The summed E-state index contributed by atoms with van der Waals surface area (Å²) in [4.78, 5) is 25.0. The summed E-state index contributed by atoms with van der Waals surface area (Å²) in [5.41, 5.74) is 6.26. The molecule has 156 valence electrons. The first-order valence-electron chi connectivity index (χ1n) is 10.2. The third-order valence-electron chi connectivity index (χ3n) is 5.37. The number of carbonyl (C=O) groups is 2. The van der Waals surface area contributed by atoms with E-state index < -0.39 is 0 Å². The highest BCUT2D eigenvalue weighted by Gasteiger charge is 2.20. The minimum Gasteiger partial charge on any atom is -0.462 e. The summed E-state index contributed by atoms with van der Waals surface area (Å²) in [5, 5.41) is 3.01. The number of amides is 1. The van der Waals surface area contributed by atoms with Gasteiger partial charge in [0.05, 0.1) is 12.2 Å². The molecule has 0 saturated heterocycles. The Morgan fingerprint density at radius 1 is 1.00 bits per heavy atom. The minimum absolute atomic E-state index is 0.0616. The van der Waals surface area contributed by atoms with Gasteiger partial charge < -0.3 is 14.6 Å². The predicted octanol–water partition coefficient (Wildman–Crippen LogP) is 5.29. The lowest BCUT2D eigenvalue weighted by Crippen LogP contribution is -2.16. The first kappa shape index (κ1) is 21.4. The van der Waals surface area contributed by atoms with E-state index >= 15 is 0 Å². The van der Waals surface area contributed by atoms with E-state index in [0.29, 0.717) is 25.1 Å². The Labute approximate surface area is 177 Å². The Kier molecular flexibility index (Phi) is 6.72. The van der Waals surface area contributed by atoms with Crippen LogP contribution < -0.4 is 5.32 Å². The van der Waals surface area contributed by atoms with Crippen molar-refractivity contribution in [1.82, 2.24) is 4.57 Å². The van der Waals surface area contributed by atoms with Gasteiger partial charge >= 0.3 is 5.97 Å². The number of aryl methyl sites for hydroxylation is 1. The monoisotopic (exact) mass is 404 g/mol. The number of hydrogen-bond acceptors (Lipinski definition) is 3. The standard InChI is InChI=1S/C25H28N2O3/c1-5-30-25(29)21-16-23(20-11-7-6-8-12-20)27(19(21)4)15-14-24(28)26-22-13-9-10-17(2)18(22)3/h6-13,16H,5,14-15H2,1-4H3,(H,26,28). The van der Waals surface area contributed by atoms with Crippen LogP contribution in [-0.4, -0.2) is 23.1 Å². The average Bonchev–Trinajstić information content (AvgIpc) is 3.07. The Hall–Kier alpha value is -3.34. The fourth-order valence-electron chi connectivity index (χ4n) is 3.51. The molecular formula is C25H28N2O3. The number of hydrogen-bond donors (Lipinski definition) is 1. The van der Waals surface area contributed by atoms with Crippen molar-refractivity contribution < 1.29 is 14.3 Å². The Morgan fingerprint density at radius 3 is 2.43 bits per heavy atom. The minimum atomic E-state index is -0.342. The summed E-state index contributed by atoms with van der Waals surface area (Å²) in [6.45, 7) is 8.49. The molecule has 0 radical (unpaired) electrons. The molecule has 0 spiro atoms. The quantitative estimate of drug-likeness (QED) is 0.545. The third kappa shape index (κ3) is 4.62. The van der Waals surface area contributed by atoms with Crippen LogP contribution in [0.5, 0.6) is 0 Å². The number of aromatic nitrogens is 1. The second kappa shape index (κ2) is 9.44. The highest BCUT2D eigenvalue weighted by molar-refractivity contribution is 5.93. The van der Waals surface area contributed by atoms with Gasteiger partial charge in [0, 0.05) is 30.0 Å². The molecule has 0 aliphatic carbocycles. The lowest BCUT2D eigenvalue weighted by Gasteiger charge is -2.14. The molecule has 1 N–H and O–H groups in total. The molecule has 0 aliphatic heterocycles. The zero-order valence-corrected chi connectivity index (χ0v) is 18.0. The van der Waals surface area contributed by atoms with Crippen molar-refractivity contribution in [3.8, 4) is 11.3 Å². The number of anilines is 1. The second-order valence-corrected chi connectivity index (χ2v) is 7.31. The number of ether oxygens (including phenoxy) is 1. The summed E-state index contributed by atoms with van der Waals surface area (Å²) in [6.07, 6.45) is 0.297. The van der Waals surface area contributed by atoms with E-state index in [2.05, 4.69) is 5.32 Å². The van der Waals surface area contributed by atoms with Gasteiger partial charge in [0.1, 0.15) is 0 Å². The normalized spacial score (nSPS) is 10.7. The molecule has 1 aromatic heterocycles. The summed E-state index contributed by atoms with van der Waals surface area (Å²) in [6, 6.07) is 17.6. The van der Waals surface area contributed by atoms with E-state index in [1.807, 2.05) is 79.9 Å². The van der Waals surface area contributed by atoms with E-state index in [4.69, 9.17) is 4.74 Å². The fraction of sp³-hybridized carbons (Fsp3) is 0.280. The van der Waals surface area contributed by atoms with Gasteiger partial charge in [-0.3, -0.25) is 4.79 Å². The van der Waals surface area contributed by atoms with Crippen LogP contribution in [0.3, 0.4) is 0 Å². The van der Waals surface area contributed by atoms with Crippen LogP contribution >= 0.6 is 0 Å². The van der Waals surface area contributed by atoms with Crippen LogP contribution in [0.4, 0.5) is 5.69 Å². The highest BCUT2D eigenvalue weighted by atomic mass is 16.5. The Balaban J connectivity index is 1.84. The van der Waals surface area contributed by atoms with Crippen LogP contribution in [0.1, 0.15) is 40.5 Å². The number of carbonyl (C=O) groups excluding carboxylic acids is 2. The number of nitrogens with one attached hydrogen (secondary N) is 1. The van der Waals surface area contributed by atoms with E-state index in [-0.39, 0.29) is 11.9 Å². The third-order valence-corrected chi connectivity index (χ3v) is 5.37. The maximum atomic E-state index is 12.6. The summed E-state index contributed by atoms with van der Waals surface area (Å²) < 4.78 is 7.23. The lowest BCUT2D eigenvalue weighted by molar-refractivity contribution is -0.116. The van der Waals surface area contributed by atoms with Crippen LogP contribution in [0.25, 0.3) is 11.3 Å². The van der Waals surface area contributed by atoms with Crippen molar-refractivity contribution in [3.05, 3.63) is 77.0 Å². The van der Waals surface area contributed by atoms with Gasteiger partial charge in [-0.2, -0.15) is 0 Å². The molecule has 0 aliphatic rings. The number of rotatable bonds is 7. The molecule has 0 bridgehead atoms. The predicted molar refractivity (Wildman–Crippen MR) is 120 cm³/mol. The molecule has 1 heterocycles. The number of nitrogens with zero attached hydrogens (tertiary/aromatic N) is 1. The van der Waals surface area contributed by atoms with E-state index in [0.717, 1.165) is 33.8 Å². The van der Waals surface area contributed by atoms with Crippen molar-refractivity contribution in [1.29, 1.82) is 0 Å². The maximum absolute atomic E-state index is 12.6. The van der Waals surface area contributed by atoms with Gasteiger partial charge in [0.2, 0.25) is 5.91 Å². The zero-order chi connectivity index (χ0) is 21.7. The van der Waals surface area contributed by atoms with Crippen molar-refractivity contribution in [2.45, 2.75) is 40.7 Å². The maximum Gasteiger partial charge on any atom is 0.339 e. The van der Waals surface area contributed by atoms with Gasteiger partial charge in [0.15, 0.2) is 0 Å². The highest BCUT2D eigenvalue weighted by Crippen LogP contribution is 2.27. The second-order valence-electron chi connectivity index (χ2n) is 7.31. The van der Waals surface area contributed by atoms with Gasteiger partial charge in [-0.15, -0.1) is 0 Å². The SMILES string of the molecule is CCOC(=O)c1cc(-c2ccccc2)n(CCC(=O)Nc2cccc(C)c2C)c1C.